The summed E-state index contributed by atoms with van der Waals surface area (Å²) in [5.74, 6) is 1.28. The number of hydrogen-bond acceptors (Lipinski definition) is 4. The lowest BCUT2D eigenvalue weighted by Crippen LogP contribution is -2.35. The summed E-state index contributed by atoms with van der Waals surface area (Å²) < 4.78 is 0.885. The van der Waals surface area contributed by atoms with Gasteiger partial charge in [-0.05, 0) is 40.8 Å². The van der Waals surface area contributed by atoms with Crippen LogP contribution in [0.4, 0.5) is 5.82 Å². The second kappa shape index (κ2) is 5.80. The number of rotatable bonds is 3. The van der Waals surface area contributed by atoms with Crippen LogP contribution in [0.1, 0.15) is 18.4 Å². The van der Waals surface area contributed by atoms with E-state index in [1.54, 1.807) is 6.20 Å². The minimum Gasteiger partial charge on any atom is -0.396 e. The molecule has 0 aromatic carbocycles. The second-order valence-electron chi connectivity index (χ2n) is 4.41. The maximum absolute atomic E-state index is 9.34. The van der Waals surface area contributed by atoms with Crippen LogP contribution >= 0.6 is 15.9 Å². The first kappa shape index (κ1) is 12.8. The Bertz CT molecular complexity index is 379. The molecule has 1 aliphatic rings. The maximum Gasteiger partial charge on any atom is 0.134 e. The summed E-state index contributed by atoms with van der Waals surface area (Å²) >= 11 is 3.36. The molecule has 5 heteroatoms. The molecule has 1 saturated heterocycles. The number of aliphatic hydroxyl groups is 2. The lowest BCUT2D eigenvalue weighted by atomic mass is 9.97. The van der Waals surface area contributed by atoms with E-state index in [0.717, 1.165) is 41.8 Å². The van der Waals surface area contributed by atoms with E-state index in [9.17, 15) is 5.11 Å². The number of halogens is 1. The molecule has 0 spiro atoms. The van der Waals surface area contributed by atoms with E-state index in [2.05, 4.69) is 25.8 Å². The normalized spacial score (nSPS) is 17.5. The summed E-state index contributed by atoms with van der Waals surface area (Å²) in [5.41, 5.74) is 0.849. The summed E-state index contributed by atoms with van der Waals surface area (Å²) in [4.78, 5) is 6.56. The topological polar surface area (TPSA) is 56.6 Å². The highest BCUT2D eigenvalue weighted by atomic mass is 79.9. The number of piperidine rings is 1. The third-order valence-electron chi connectivity index (χ3n) is 3.25. The molecule has 0 saturated carbocycles. The zero-order chi connectivity index (χ0) is 12.3. The molecule has 1 aliphatic heterocycles. The van der Waals surface area contributed by atoms with Gasteiger partial charge in [0.2, 0.25) is 0 Å². The van der Waals surface area contributed by atoms with Crippen LogP contribution in [0.25, 0.3) is 0 Å². The molecule has 0 radical (unpaired) electrons. The largest absolute Gasteiger partial charge is 0.396 e. The second-order valence-corrected chi connectivity index (χ2v) is 5.32. The van der Waals surface area contributed by atoms with Gasteiger partial charge in [0, 0.05) is 35.9 Å². The van der Waals surface area contributed by atoms with E-state index in [-0.39, 0.29) is 13.2 Å². The zero-order valence-electron chi connectivity index (χ0n) is 9.64. The molecule has 0 aliphatic carbocycles. The van der Waals surface area contributed by atoms with E-state index >= 15 is 0 Å². The van der Waals surface area contributed by atoms with Crippen molar-refractivity contribution >= 4 is 21.7 Å². The molecule has 0 atom stereocenters. The summed E-state index contributed by atoms with van der Waals surface area (Å²) in [5, 5.41) is 18.4. The lowest BCUT2D eigenvalue weighted by Gasteiger charge is -2.33. The number of hydrogen-bond donors (Lipinski definition) is 2. The average molecular weight is 301 g/mol. The quantitative estimate of drug-likeness (QED) is 0.889. The third-order valence-corrected chi connectivity index (χ3v) is 3.69. The summed E-state index contributed by atoms with van der Waals surface area (Å²) in [7, 11) is 0. The van der Waals surface area contributed by atoms with Crippen molar-refractivity contribution in [1.29, 1.82) is 0 Å². The molecule has 94 valence electrons. The molecule has 0 amide bonds. The average Bonchev–Trinajstić information content (AvgIpc) is 2.39. The van der Waals surface area contributed by atoms with Gasteiger partial charge >= 0.3 is 0 Å². The molecule has 2 rings (SSSR count). The Morgan fingerprint density at radius 2 is 2.06 bits per heavy atom. The van der Waals surface area contributed by atoms with E-state index in [4.69, 9.17) is 5.11 Å². The van der Waals surface area contributed by atoms with Gasteiger partial charge in [0.05, 0.1) is 6.61 Å². The van der Waals surface area contributed by atoms with E-state index in [1.165, 1.54) is 0 Å². The predicted molar refractivity (Wildman–Crippen MR) is 69.9 cm³/mol. The first-order chi connectivity index (χ1) is 8.24. The fraction of sp³-hybridized carbons (Fsp3) is 0.583. The maximum atomic E-state index is 9.34. The molecule has 2 heterocycles. The highest BCUT2D eigenvalue weighted by molar-refractivity contribution is 9.10. The number of anilines is 1. The Kier molecular flexibility index (Phi) is 4.36. The van der Waals surface area contributed by atoms with Crippen molar-refractivity contribution in [3.63, 3.8) is 0 Å². The van der Waals surface area contributed by atoms with Gasteiger partial charge in [-0.1, -0.05) is 0 Å². The number of nitrogens with zero attached hydrogens (tertiary/aromatic N) is 2. The minimum atomic E-state index is 0.00169. The Morgan fingerprint density at radius 3 is 2.65 bits per heavy atom. The molecule has 4 nitrogen and oxygen atoms in total. The number of aromatic nitrogens is 1. The lowest BCUT2D eigenvalue weighted by molar-refractivity contribution is 0.202. The van der Waals surface area contributed by atoms with Crippen molar-refractivity contribution in [2.24, 2.45) is 5.92 Å². The van der Waals surface area contributed by atoms with Gasteiger partial charge in [0.15, 0.2) is 0 Å². The Morgan fingerprint density at radius 1 is 1.35 bits per heavy atom. The summed E-state index contributed by atoms with van der Waals surface area (Å²) in [6, 6.07) is 1.90. The van der Waals surface area contributed by atoms with Gasteiger partial charge < -0.3 is 15.1 Å². The van der Waals surface area contributed by atoms with Crippen molar-refractivity contribution in [3.8, 4) is 0 Å². The SMILES string of the molecule is OCc1cc(Br)cnc1N1CCC(CO)CC1. The number of pyridine rings is 1. The highest BCUT2D eigenvalue weighted by Gasteiger charge is 2.21. The van der Waals surface area contributed by atoms with Crippen LogP contribution in [0.2, 0.25) is 0 Å². The van der Waals surface area contributed by atoms with Gasteiger partial charge in [0.1, 0.15) is 5.82 Å². The van der Waals surface area contributed by atoms with Crippen LogP contribution < -0.4 is 4.90 Å². The van der Waals surface area contributed by atoms with Crippen LogP contribution in [-0.4, -0.2) is 34.9 Å². The van der Waals surface area contributed by atoms with Crippen LogP contribution in [0.15, 0.2) is 16.7 Å². The van der Waals surface area contributed by atoms with Crippen molar-refractivity contribution in [2.75, 3.05) is 24.6 Å². The molecule has 2 N–H and O–H groups in total. The molecular formula is C12H17BrN2O2. The van der Waals surface area contributed by atoms with E-state index in [0.29, 0.717) is 5.92 Å². The summed E-state index contributed by atoms with van der Waals surface area (Å²) in [6.45, 7) is 2.07. The van der Waals surface area contributed by atoms with E-state index < -0.39 is 0 Å². The van der Waals surface area contributed by atoms with Crippen molar-refractivity contribution in [2.45, 2.75) is 19.4 Å². The third kappa shape index (κ3) is 2.97. The first-order valence-corrected chi connectivity index (χ1v) is 6.65. The molecule has 1 aromatic heterocycles. The monoisotopic (exact) mass is 300 g/mol. The van der Waals surface area contributed by atoms with Gasteiger partial charge in [-0.15, -0.1) is 0 Å². The Labute approximate surface area is 109 Å². The van der Waals surface area contributed by atoms with Crippen molar-refractivity contribution in [3.05, 3.63) is 22.3 Å². The molecular weight excluding hydrogens is 284 g/mol. The van der Waals surface area contributed by atoms with Crippen LogP contribution in [0.3, 0.4) is 0 Å². The smallest absolute Gasteiger partial charge is 0.134 e. The minimum absolute atomic E-state index is 0.00169. The predicted octanol–water partition coefficient (Wildman–Crippen LogP) is 1.55. The Hall–Kier alpha value is -0.650. The fourth-order valence-corrected chi connectivity index (χ4v) is 2.58. The number of aliphatic hydroxyl groups excluding tert-OH is 2. The molecule has 0 unspecified atom stereocenters. The fourth-order valence-electron chi connectivity index (χ4n) is 2.20. The van der Waals surface area contributed by atoms with Crippen LogP contribution in [-0.2, 0) is 6.61 Å². The zero-order valence-corrected chi connectivity index (χ0v) is 11.2. The van der Waals surface area contributed by atoms with Gasteiger partial charge in [0.25, 0.3) is 0 Å². The van der Waals surface area contributed by atoms with Crippen LogP contribution in [0.5, 0.6) is 0 Å². The summed E-state index contributed by atoms with van der Waals surface area (Å²) in [6.07, 6.45) is 3.73. The standard InChI is InChI=1S/C12H17BrN2O2/c13-11-5-10(8-17)12(14-6-11)15-3-1-9(7-16)2-4-15/h5-6,9,16-17H,1-4,7-8H2. The van der Waals surface area contributed by atoms with Crippen molar-refractivity contribution < 1.29 is 10.2 Å². The first-order valence-electron chi connectivity index (χ1n) is 5.85. The molecule has 0 bridgehead atoms. The Balaban J connectivity index is 2.12. The molecule has 1 aromatic rings. The van der Waals surface area contributed by atoms with Gasteiger partial charge in [-0.3, -0.25) is 0 Å². The van der Waals surface area contributed by atoms with Crippen LogP contribution in [0, 0.1) is 5.92 Å². The highest BCUT2D eigenvalue weighted by Crippen LogP contribution is 2.26. The molecule has 17 heavy (non-hydrogen) atoms. The van der Waals surface area contributed by atoms with Crippen molar-refractivity contribution in [1.82, 2.24) is 4.98 Å². The van der Waals surface area contributed by atoms with Gasteiger partial charge in [-0.2, -0.15) is 0 Å². The van der Waals surface area contributed by atoms with E-state index in [1.807, 2.05) is 6.07 Å². The van der Waals surface area contributed by atoms with Gasteiger partial charge in [-0.25, -0.2) is 4.98 Å². The molecule has 1 fully saturated rings.